The number of ether oxygens (including phenoxy) is 2. The lowest BCUT2D eigenvalue weighted by molar-refractivity contribution is -0.152. The Labute approximate surface area is 174 Å². The van der Waals surface area contributed by atoms with Crippen LogP contribution in [-0.2, 0) is 20.7 Å². The van der Waals surface area contributed by atoms with Crippen LogP contribution in [0.4, 0.5) is 10.1 Å². The predicted octanol–water partition coefficient (Wildman–Crippen LogP) is 4.61. The third kappa shape index (κ3) is 5.23. The normalized spacial score (nSPS) is 11.4. The standard InChI is InChI=1S/C24H22FNO4/c1-16(30-23(27)15-17-12-13-22(29-2)20(25)14-17)24(28)26-21-11-7-6-10-19(21)18-8-4-3-5-9-18/h3-14,16H,15H2,1-2H3,(H,26,28)/t16-/m1/s1. The molecule has 0 heterocycles. The van der Waals surface area contributed by atoms with Gasteiger partial charge in [-0.1, -0.05) is 54.6 Å². The number of nitrogens with one attached hydrogen (secondary N) is 1. The lowest BCUT2D eigenvalue weighted by atomic mass is 10.0. The molecule has 0 fully saturated rings. The number of carbonyl (C=O) groups excluding carboxylic acids is 2. The Balaban J connectivity index is 1.63. The topological polar surface area (TPSA) is 64.6 Å². The molecule has 0 bridgehead atoms. The first-order valence-electron chi connectivity index (χ1n) is 9.45. The second kappa shape index (κ2) is 9.69. The number of esters is 1. The monoisotopic (exact) mass is 407 g/mol. The van der Waals surface area contributed by atoms with Crippen molar-refractivity contribution >= 4 is 17.6 Å². The first kappa shape index (κ1) is 21.0. The van der Waals surface area contributed by atoms with Crippen molar-refractivity contribution in [3.05, 3.63) is 84.2 Å². The van der Waals surface area contributed by atoms with Crippen LogP contribution in [0.25, 0.3) is 11.1 Å². The number of halogens is 1. The number of hydrogen-bond acceptors (Lipinski definition) is 4. The summed E-state index contributed by atoms with van der Waals surface area (Å²) in [4.78, 5) is 24.7. The van der Waals surface area contributed by atoms with Gasteiger partial charge in [0.15, 0.2) is 17.7 Å². The van der Waals surface area contributed by atoms with E-state index in [4.69, 9.17) is 9.47 Å². The van der Waals surface area contributed by atoms with E-state index in [1.165, 1.54) is 26.2 Å². The van der Waals surface area contributed by atoms with Crippen molar-refractivity contribution in [3.63, 3.8) is 0 Å². The molecule has 5 nitrogen and oxygen atoms in total. The minimum atomic E-state index is -1.01. The molecule has 1 amide bonds. The van der Waals surface area contributed by atoms with Gasteiger partial charge in [-0.15, -0.1) is 0 Å². The van der Waals surface area contributed by atoms with E-state index < -0.39 is 23.8 Å². The molecule has 3 aromatic carbocycles. The highest BCUT2D eigenvalue weighted by Gasteiger charge is 2.19. The van der Waals surface area contributed by atoms with Crippen LogP contribution in [0.3, 0.4) is 0 Å². The molecule has 0 saturated heterocycles. The minimum absolute atomic E-state index is 0.0944. The molecule has 3 rings (SSSR count). The molecule has 1 N–H and O–H groups in total. The van der Waals surface area contributed by atoms with Crippen molar-refractivity contribution in [3.8, 4) is 16.9 Å². The summed E-state index contributed by atoms with van der Waals surface area (Å²) in [6.07, 6.45) is -1.16. The lowest BCUT2D eigenvalue weighted by Gasteiger charge is -2.16. The molecule has 0 saturated carbocycles. The first-order valence-corrected chi connectivity index (χ1v) is 9.45. The van der Waals surface area contributed by atoms with Crippen molar-refractivity contribution < 1.29 is 23.5 Å². The van der Waals surface area contributed by atoms with E-state index in [1.807, 2.05) is 48.5 Å². The third-order valence-electron chi connectivity index (χ3n) is 4.51. The Morgan fingerprint density at radius 3 is 2.40 bits per heavy atom. The van der Waals surface area contributed by atoms with Gasteiger partial charge in [0.05, 0.1) is 13.5 Å². The maximum atomic E-state index is 13.8. The van der Waals surface area contributed by atoms with E-state index >= 15 is 0 Å². The number of amides is 1. The van der Waals surface area contributed by atoms with Crippen LogP contribution in [0, 0.1) is 5.82 Å². The highest BCUT2D eigenvalue weighted by molar-refractivity contribution is 5.98. The molecule has 0 aliphatic rings. The zero-order valence-electron chi connectivity index (χ0n) is 16.7. The van der Waals surface area contributed by atoms with Gasteiger partial charge in [-0.25, -0.2) is 4.39 Å². The summed E-state index contributed by atoms with van der Waals surface area (Å²) in [7, 11) is 1.36. The van der Waals surface area contributed by atoms with Crippen molar-refractivity contribution in [2.45, 2.75) is 19.4 Å². The smallest absolute Gasteiger partial charge is 0.311 e. The van der Waals surface area contributed by atoms with E-state index in [9.17, 15) is 14.0 Å². The molecule has 1 atom stereocenters. The summed E-state index contributed by atoms with van der Waals surface area (Å²) >= 11 is 0. The fraction of sp³-hybridized carbons (Fsp3) is 0.167. The maximum absolute atomic E-state index is 13.8. The van der Waals surface area contributed by atoms with Crippen molar-refractivity contribution in [1.29, 1.82) is 0 Å². The minimum Gasteiger partial charge on any atom is -0.494 e. The van der Waals surface area contributed by atoms with E-state index in [0.29, 0.717) is 11.3 Å². The van der Waals surface area contributed by atoms with Crippen LogP contribution in [-0.4, -0.2) is 25.1 Å². The molecule has 0 aliphatic carbocycles. The molecule has 3 aromatic rings. The SMILES string of the molecule is COc1ccc(CC(=O)O[C@H](C)C(=O)Nc2ccccc2-c2ccccc2)cc1F. The van der Waals surface area contributed by atoms with Gasteiger partial charge in [0.1, 0.15) is 0 Å². The number of rotatable bonds is 7. The fourth-order valence-corrected chi connectivity index (χ4v) is 2.97. The van der Waals surface area contributed by atoms with Gasteiger partial charge in [0, 0.05) is 11.3 Å². The average Bonchev–Trinajstić information content (AvgIpc) is 2.74. The van der Waals surface area contributed by atoms with Gasteiger partial charge < -0.3 is 14.8 Å². The lowest BCUT2D eigenvalue weighted by Crippen LogP contribution is -2.30. The second-order valence-electron chi connectivity index (χ2n) is 6.68. The Morgan fingerprint density at radius 2 is 1.70 bits per heavy atom. The first-order chi connectivity index (χ1) is 14.5. The number of anilines is 1. The van der Waals surface area contributed by atoms with Gasteiger partial charge in [-0.3, -0.25) is 9.59 Å². The zero-order chi connectivity index (χ0) is 21.5. The molecule has 0 radical (unpaired) electrons. The van der Waals surface area contributed by atoms with Gasteiger partial charge >= 0.3 is 5.97 Å². The number of para-hydroxylation sites is 1. The van der Waals surface area contributed by atoms with Crippen molar-refractivity contribution in [2.75, 3.05) is 12.4 Å². The highest BCUT2D eigenvalue weighted by Crippen LogP contribution is 2.27. The van der Waals surface area contributed by atoms with Crippen LogP contribution < -0.4 is 10.1 Å². The number of carbonyl (C=O) groups is 2. The van der Waals surface area contributed by atoms with Crippen LogP contribution in [0.15, 0.2) is 72.8 Å². The Hall–Kier alpha value is -3.67. The average molecular weight is 407 g/mol. The van der Waals surface area contributed by atoms with E-state index in [0.717, 1.165) is 11.1 Å². The largest absolute Gasteiger partial charge is 0.494 e. The van der Waals surface area contributed by atoms with E-state index in [-0.39, 0.29) is 12.2 Å². The summed E-state index contributed by atoms with van der Waals surface area (Å²) < 4.78 is 23.9. The summed E-state index contributed by atoms with van der Waals surface area (Å²) in [5.41, 5.74) is 2.87. The van der Waals surface area contributed by atoms with Gasteiger partial charge in [-0.05, 0) is 36.2 Å². The molecule has 0 spiro atoms. The van der Waals surface area contributed by atoms with Crippen molar-refractivity contribution in [1.82, 2.24) is 0 Å². The Morgan fingerprint density at radius 1 is 1.00 bits per heavy atom. The molecule has 0 unspecified atom stereocenters. The fourth-order valence-electron chi connectivity index (χ4n) is 2.97. The summed E-state index contributed by atoms with van der Waals surface area (Å²) in [6.45, 7) is 1.49. The second-order valence-corrected chi connectivity index (χ2v) is 6.68. The van der Waals surface area contributed by atoms with E-state index in [1.54, 1.807) is 12.1 Å². The van der Waals surface area contributed by atoms with E-state index in [2.05, 4.69) is 5.32 Å². The quantitative estimate of drug-likeness (QED) is 0.581. The molecule has 154 valence electrons. The molecular formula is C24H22FNO4. The summed E-state index contributed by atoms with van der Waals surface area (Å²) in [6, 6.07) is 21.3. The molecule has 0 aliphatic heterocycles. The van der Waals surface area contributed by atoms with Crippen LogP contribution in [0.1, 0.15) is 12.5 Å². The van der Waals surface area contributed by atoms with Crippen molar-refractivity contribution in [2.24, 2.45) is 0 Å². The predicted molar refractivity (Wildman–Crippen MR) is 113 cm³/mol. The third-order valence-corrected chi connectivity index (χ3v) is 4.51. The van der Waals surface area contributed by atoms with Crippen LogP contribution >= 0.6 is 0 Å². The molecule has 0 aromatic heterocycles. The highest BCUT2D eigenvalue weighted by atomic mass is 19.1. The van der Waals surface area contributed by atoms with Gasteiger partial charge in [0.25, 0.3) is 5.91 Å². The molecule has 30 heavy (non-hydrogen) atoms. The van der Waals surface area contributed by atoms with Gasteiger partial charge in [0.2, 0.25) is 0 Å². The zero-order valence-corrected chi connectivity index (χ0v) is 16.7. The maximum Gasteiger partial charge on any atom is 0.311 e. The summed E-state index contributed by atoms with van der Waals surface area (Å²) in [5.74, 6) is -1.55. The Kier molecular flexibility index (Phi) is 6.80. The number of benzene rings is 3. The molecular weight excluding hydrogens is 385 g/mol. The molecule has 6 heteroatoms. The van der Waals surface area contributed by atoms with Crippen LogP contribution in [0.5, 0.6) is 5.75 Å². The Bertz CT molecular complexity index is 1040. The number of hydrogen-bond donors (Lipinski definition) is 1. The summed E-state index contributed by atoms with van der Waals surface area (Å²) in [5, 5.41) is 2.81. The number of methoxy groups -OCH3 is 1. The van der Waals surface area contributed by atoms with Gasteiger partial charge in [-0.2, -0.15) is 0 Å². The van der Waals surface area contributed by atoms with Crippen LogP contribution in [0.2, 0.25) is 0 Å².